The Kier molecular flexibility index (Phi) is 5.08. The number of hydrogen-bond donors (Lipinski definition) is 1. The molecule has 106 valence electrons. The Balaban J connectivity index is 2.15. The number of hydrogen-bond acceptors (Lipinski definition) is 4. The van der Waals surface area contributed by atoms with Crippen LogP contribution in [-0.2, 0) is 9.53 Å². The van der Waals surface area contributed by atoms with Crippen LogP contribution in [0.1, 0.15) is 29.2 Å². The Morgan fingerprint density at radius 1 is 1.24 bits per heavy atom. The summed E-state index contributed by atoms with van der Waals surface area (Å²) in [5, 5.41) is 0. The molecule has 0 unspecified atom stereocenters. The second-order valence-corrected chi connectivity index (χ2v) is 4.51. The summed E-state index contributed by atoms with van der Waals surface area (Å²) in [4.78, 5) is 15.4. The summed E-state index contributed by atoms with van der Waals surface area (Å²) in [7, 11) is 1.34. The summed E-state index contributed by atoms with van der Waals surface area (Å²) in [6, 6.07) is 11.1. The van der Waals surface area contributed by atoms with Gasteiger partial charge in [-0.25, -0.2) is 0 Å². The SMILES string of the molecule is COC(=O)C[C@H](N)c1cncc(C#Cc2ccccc2)c1. The first-order valence-corrected chi connectivity index (χ1v) is 6.53. The van der Waals surface area contributed by atoms with Crippen LogP contribution in [0.25, 0.3) is 0 Å². The van der Waals surface area contributed by atoms with Gasteiger partial charge in [-0.3, -0.25) is 9.78 Å². The van der Waals surface area contributed by atoms with Crippen LogP contribution in [-0.4, -0.2) is 18.1 Å². The van der Waals surface area contributed by atoms with E-state index in [9.17, 15) is 4.79 Å². The van der Waals surface area contributed by atoms with Gasteiger partial charge >= 0.3 is 5.97 Å². The van der Waals surface area contributed by atoms with Crippen LogP contribution >= 0.6 is 0 Å². The van der Waals surface area contributed by atoms with Crippen LogP contribution < -0.4 is 5.73 Å². The predicted molar refractivity (Wildman–Crippen MR) is 80.2 cm³/mol. The third kappa shape index (κ3) is 4.44. The van der Waals surface area contributed by atoms with Crippen molar-refractivity contribution in [2.75, 3.05) is 7.11 Å². The molecule has 0 saturated heterocycles. The minimum Gasteiger partial charge on any atom is -0.469 e. The van der Waals surface area contributed by atoms with Gasteiger partial charge in [-0.2, -0.15) is 0 Å². The highest BCUT2D eigenvalue weighted by Crippen LogP contribution is 2.14. The first-order chi connectivity index (χ1) is 10.2. The molecule has 21 heavy (non-hydrogen) atoms. The number of pyridine rings is 1. The van der Waals surface area contributed by atoms with Gasteiger partial charge in [-0.05, 0) is 23.8 Å². The van der Waals surface area contributed by atoms with Crippen molar-refractivity contribution >= 4 is 5.97 Å². The molecule has 0 aliphatic carbocycles. The minimum atomic E-state index is -0.441. The topological polar surface area (TPSA) is 65.2 Å². The van der Waals surface area contributed by atoms with Gasteiger partial charge in [0.05, 0.1) is 13.5 Å². The lowest BCUT2D eigenvalue weighted by Gasteiger charge is -2.10. The Bertz CT molecular complexity index is 672. The molecule has 0 spiro atoms. The molecule has 2 aromatic rings. The van der Waals surface area contributed by atoms with Gasteiger partial charge in [0.25, 0.3) is 0 Å². The lowest BCUT2D eigenvalue weighted by atomic mass is 10.1. The minimum absolute atomic E-state index is 0.119. The molecule has 0 fully saturated rings. The molecule has 0 aliphatic heterocycles. The monoisotopic (exact) mass is 280 g/mol. The Morgan fingerprint density at radius 2 is 1.95 bits per heavy atom. The van der Waals surface area contributed by atoms with E-state index >= 15 is 0 Å². The average molecular weight is 280 g/mol. The van der Waals surface area contributed by atoms with E-state index in [-0.39, 0.29) is 12.4 Å². The molecule has 4 nitrogen and oxygen atoms in total. The van der Waals surface area contributed by atoms with E-state index in [4.69, 9.17) is 5.73 Å². The number of methoxy groups -OCH3 is 1. The number of rotatable bonds is 3. The average Bonchev–Trinajstić information content (AvgIpc) is 2.54. The van der Waals surface area contributed by atoms with Crippen LogP contribution in [0.3, 0.4) is 0 Å². The quantitative estimate of drug-likeness (QED) is 0.690. The summed E-state index contributed by atoms with van der Waals surface area (Å²) >= 11 is 0. The number of carbonyl (C=O) groups excluding carboxylic acids is 1. The van der Waals surface area contributed by atoms with E-state index in [1.807, 2.05) is 36.4 Å². The van der Waals surface area contributed by atoms with Crippen LogP contribution in [0, 0.1) is 11.8 Å². The molecule has 0 saturated carbocycles. The Morgan fingerprint density at radius 3 is 2.67 bits per heavy atom. The van der Waals surface area contributed by atoms with Gasteiger partial charge in [0.15, 0.2) is 0 Å². The molecule has 1 aromatic heterocycles. The summed E-state index contributed by atoms with van der Waals surface area (Å²) in [5.41, 5.74) is 8.42. The van der Waals surface area contributed by atoms with Crippen molar-refractivity contribution in [3.63, 3.8) is 0 Å². The first kappa shape index (κ1) is 14.8. The third-order valence-corrected chi connectivity index (χ3v) is 2.93. The van der Waals surface area contributed by atoms with Crippen molar-refractivity contribution in [3.05, 3.63) is 65.5 Å². The lowest BCUT2D eigenvalue weighted by Crippen LogP contribution is -2.16. The van der Waals surface area contributed by atoms with Crippen molar-refractivity contribution in [2.24, 2.45) is 5.73 Å². The molecule has 0 amide bonds. The van der Waals surface area contributed by atoms with E-state index in [1.54, 1.807) is 12.4 Å². The molecular weight excluding hydrogens is 264 g/mol. The molecule has 1 heterocycles. The van der Waals surface area contributed by atoms with Gasteiger partial charge in [0.1, 0.15) is 0 Å². The number of benzene rings is 1. The standard InChI is InChI=1S/C17H16N2O2/c1-21-17(20)10-16(18)15-9-14(11-19-12-15)8-7-13-5-3-2-4-6-13/h2-6,9,11-12,16H,10,18H2,1H3/t16-/m0/s1. The highest BCUT2D eigenvalue weighted by atomic mass is 16.5. The number of carbonyl (C=O) groups is 1. The second-order valence-electron chi connectivity index (χ2n) is 4.51. The fourth-order valence-electron chi connectivity index (χ4n) is 1.78. The molecule has 0 radical (unpaired) electrons. The number of aromatic nitrogens is 1. The van der Waals surface area contributed by atoms with Gasteiger partial charge in [-0.15, -0.1) is 0 Å². The zero-order valence-electron chi connectivity index (χ0n) is 11.7. The fraction of sp³-hybridized carbons (Fsp3) is 0.176. The summed E-state index contributed by atoms with van der Waals surface area (Å²) in [6.07, 6.45) is 3.43. The van der Waals surface area contributed by atoms with Gasteiger partial charge < -0.3 is 10.5 Å². The summed E-state index contributed by atoms with van der Waals surface area (Å²) in [5.74, 6) is 5.75. The maximum Gasteiger partial charge on any atom is 0.307 e. The lowest BCUT2D eigenvalue weighted by molar-refractivity contribution is -0.141. The van der Waals surface area contributed by atoms with E-state index in [1.165, 1.54) is 7.11 Å². The fourth-order valence-corrected chi connectivity index (χ4v) is 1.78. The van der Waals surface area contributed by atoms with Crippen molar-refractivity contribution in [3.8, 4) is 11.8 Å². The maximum absolute atomic E-state index is 11.2. The molecule has 2 rings (SSSR count). The van der Waals surface area contributed by atoms with E-state index in [0.29, 0.717) is 0 Å². The van der Waals surface area contributed by atoms with E-state index in [2.05, 4.69) is 21.6 Å². The van der Waals surface area contributed by atoms with Gasteiger partial charge in [-0.1, -0.05) is 30.0 Å². The van der Waals surface area contributed by atoms with Gasteiger partial charge in [0, 0.05) is 29.6 Å². The number of esters is 1. The number of nitrogens with zero attached hydrogens (tertiary/aromatic N) is 1. The molecule has 1 aromatic carbocycles. The molecule has 1 atom stereocenters. The largest absolute Gasteiger partial charge is 0.469 e. The Hall–Kier alpha value is -2.64. The smallest absolute Gasteiger partial charge is 0.307 e. The molecule has 0 aliphatic rings. The van der Waals surface area contributed by atoms with Crippen molar-refractivity contribution in [1.82, 2.24) is 4.98 Å². The molecular formula is C17H16N2O2. The summed E-state index contributed by atoms with van der Waals surface area (Å²) < 4.78 is 4.61. The second kappa shape index (κ2) is 7.22. The number of nitrogens with two attached hydrogens (primary N) is 1. The number of ether oxygens (including phenoxy) is 1. The van der Waals surface area contributed by atoms with Crippen LogP contribution in [0.5, 0.6) is 0 Å². The third-order valence-electron chi connectivity index (χ3n) is 2.93. The van der Waals surface area contributed by atoms with Crippen molar-refractivity contribution < 1.29 is 9.53 Å². The normalized spacial score (nSPS) is 11.1. The van der Waals surface area contributed by atoms with Crippen LogP contribution in [0.2, 0.25) is 0 Å². The van der Waals surface area contributed by atoms with Gasteiger partial charge in [0.2, 0.25) is 0 Å². The van der Waals surface area contributed by atoms with E-state index in [0.717, 1.165) is 16.7 Å². The van der Waals surface area contributed by atoms with Crippen molar-refractivity contribution in [2.45, 2.75) is 12.5 Å². The van der Waals surface area contributed by atoms with Crippen LogP contribution in [0.15, 0.2) is 48.8 Å². The Labute approximate surface area is 124 Å². The van der Waals surface area contributed by atoms with Crippen LogP contribution in [0.4, 0.5) is 0 Å². The molecule has 0 bridgehead atoms. The maximum atomic E-state index is 11.2. The highest BCUT2D eigenvalue weighted by Gasteiger charge is 2.12. The molecule has 2 N–H and O–H groups in total. The predicted octanol–water partition coefficient (Wildman–Crippen LogP) is 2.04. The van der Waals surface area contributed by atoms with E-state index < -0.39 is 6.04 Å². The van der Waals surface area contributed by atoms with Crippen molar-refractivity contribution in [1.29, 1.82) is 0 Å². The molecule has 4 heteroatoms. The zero-order chi connectivity index (χ0) is 15.1. The highest BCUT2D eigenvalue weighted by molar-refractivity contribution is 5.70. The summed E-state index contributed by atoms with van der Waals surface area (Å²) in [6.45, 7) is 0. The zero-order valence-corrected chi connectivity index (χ0v) is 11.7. The first-order valence-electron chi connectivity index (χ1n) is 6.53.